The normalized spacial score (nSPS) is 22.7. The number of anilines is 1. The van der Waals surface area contributed by atoms with E-state index in [1.807, 2.05) is 24.3 Å². The van der Waals surface area contributed by atoms with Gasteiger partial charge in [0, 0.05) is 12.2 Å². The van der Waals surface area contributed by atoms with Crippen LogP contribution < -0.4 is 5.32 Å². The summed E-state index contributed by atoms with van der Waals surface area (Å²) in [6.45, 7) is 0.926. The van der Waals surface area contributed by atoms with Crippen molar-refractivity contribution >= 4 is 5.69 Å². The lowest BCUT2D eigenvalue weighted by Crippen LogP contribution is -2.24. The van der Waals surface area contributed by atoms with Crippen LogP contribution in [0.1, 0.15) is 44.1 Å². The van der Waals surface area contributed by atoms with Crippen LogP contribution in [0.2, 0.25) is 0 Å². The summed E-state index contributed by atoms with van der Waals surface area (Å²) in [5.41, 5.74) is 1.75. The second-order valence-electron chi connectivity index (χ2n) is 5.37. The average Bonchev–Trinajstić information content (AvgIpc) is 2.46. The largest absolute Gasteiger partial charge is 0.393 e. The molecule has 2 N–H and O–H groups in total. The lowest BCUT2D eigenvalue weighted by Gasteiger charge is -2.27. The second kappa shape index (κ2) is 7.16. The van der Waals surface area contributed by atoms with Gasteiger partial charge in [-0.1, -0.05) is 12.8 Å². The maximum atomic E-state index is 9.89. The minimum Gasteiger partial charge on any atom is -0.393 e. The fourth-order valence-electron chi connectivity index (χ4n) is 2.78. The first-order chi connectivity index (χ1) is 9.29. The van der Waals surface area contributed by atoms with Crippen LogP contribution >= 0.6 is 0 Å². The summed E-state index contributed by atoms with van der Waals surface area (Å²) in [5, 5.41) is 22.0. The molecule has 0 spiro atoms. The molecule has 2 atom stereocenters. The zero-order valence-electron chi connectivity index (χ0n) is 11.3. The van der Waals surface area contributed by atoms with Gasteiger partial charge in [0.15, 0.2) is 0 Å². The fraction of sp³-hybridized carbons (Fsp3) is 0.562. The third-order valence-electron chi connectivity index (χ3n) is 3.96. The Labute approximate surface area is 115 Å². The molecule has 19 heavy (non-hydrogen) atoms. The number of aliphatic hydroxyl groups is 1. The Morgan fingerprint density at radius 3 is 2.63 bits per heavy atom. The fourth-order valence-corrected chi connectivity index (χ4v) is 2.78. The van der Waals surface area contributed by atoms with Gasteiger partial charge in [0.1, 0.15) is 0 Å². The molecule has 3 nitrogen and oxygen atoms in total. The van der Waals surface area contributed by atoms with Crippen LogP contribution in [0.3, 0.4) is 0 Å². The van der Waals surface area contributed by atoms with Gasteiger partial charge in [-0.05, 0) is 55.9 Å². The zero-order chi connectivity index (χ0) is 13.5. The summed E-state index contributed by atoms with van der Waals surface area (Å²) in [5.74, 6) is 0.497. The first-order valence-electron chi connectivity index (χ1n) is 7.21. The van der Waals surface area contributed by atoms with E-state index in [0.29, 0.717) is 11.5 Å². The molecule has 0 heterocycles. The zero-order valence-corrected chi connectivity index (χ0v) is 11.3. The summed E-state index contributed by atoms with van der Waals surface area (Å²) in [7, 11) is 0. The summed E-state index contributed by atoms with van der Waals surface area (Å²) in [6.07, 6.45) is 6.72. The summed E-state index contributed by atoms with van der Waals surface area (Å²) >= 11 is 0. The summed E-state index contributed by atoms with van der Waals surface area (Å²) < 4.78 is 0. The summed E-state index contributed by atoms with van der Waals surface area (Å²) in [6, 6.07) is 9.64. The second-order valence-corrected chi connectivity index (χ2v) is 5.37. The maximum Gasteiger partial charge on any atom is 0.0991 e. The summed E-state index contributed by atoms with van der Waals surface area (Å²) in [4.78, 5) is 0. The molecule has 2 rings (SSSR count). The van der Waals surface area contributed by atoms with Gasteiger partial charge in [-0.15, -0.1) is 0 Å². The van der Waals surface area contributed by atoms with Crippen molar-refractivity contribution in [1.29, 1.82) is 5.26 Å². The van der Waals surface area contributed by atoms with Gasteiger partial charge >= 0.3 is 0 Å². The molecule has 1 aromatic rings. The van der Waals surface area contributed by atoms with Crippen molar-refractivity contribution in [3.63, 3.8) is 0 Å². The van der Waals surface area contributed by atoms with E-state index in [2.05, 4.69) is 11.4 Å². The number of nitrogens with one attached hydrogen (secondary N) is 1. The van der Waals surface area contributed by atoms with Crippen LogP contribution in [0.4, 0.5) is 5.69 Å². The highest BCUT2D eigenvalue weighted by molar-refractivity contribution is 5.46. The predicted octanol–water partition coefficient (Wildman–Crippen LogP) is 3.30. The van der Waals surface area contributed by atoms with Crippen molar-refractivity contribution in [1.82, 2.24) is 0 Å². The Hall–Kier alpha value is -1.53. The van der Waals surface area contributed by atoms with Crippen molar-refractivity contribution in [2.24, 2.45) is 5.92 Å². The molecule has 1 aliphatic rings. The number of rotatable bonds is 5. The number of benzene rings is 1. The number of nitrogens with zero attached hydrogens (tertiary/aromatic N) is 1. The van der Waals surface area contributed by atoms with Gasteiger partial charge in [-0.25, -0.2) is 0 Å². The average molecular weight is 258 g/mol. The Balaban J connectivity index is 1.67. The first kappa shape index (κ1) is 13.9. The van der Waals surface area contributed by atoms with Crippen LogP contribution in [0.15, 0.2) is 24.3 Å². The van der Waals surface area contributed by atoms with Gasteiger partial charge in [0.25, 0.3) is 0 Å². The SMILES string of the molecule is N#Cc1ccc(NCCCC2CCCCC2O)cc1. The lowest BCUT2D eigenvalue weighted by molar-refractivity contribution is 0.0648. The van der Waals surface area contributed by atoms with Crippen molar-refractivity contribution in [3.8, 4) is 6.07 Å². The Bertz CT molecular complexity index is 421. The Kier molecular flexibility index (Phi) is 5.23. The lowest BCUT2D eigenvalue weighted by atomic mass is 9.83. The molecule has 102 valence electrons. The van der Waals surface area contributed by atoms with E-state index in [1.165, 1.54) is 19.3 Å². The van der Waals surface area contributed by atoms with Gasteiger partial charge in [0.2, 0.25) is 0 Å². The van der Waals surface area contributed by atoms with Crippen LogP contribution in [-0.2, 0) is 0 Å². The first-order valence-corrected chi connectivity index (χ1v) is 7.21. The Morgan fingerprint density at radius 2 is 1.95 bits per heavy atom. The highest BCUT2D eigenvalue weighted by Crippen LogP contribution is 2.27. The van der Waals surface area contributed by atoms with Gasteiger partial charge in [-0.3, -0.25) is 0 Å². The molecule has 3 heteroatoms. The van der Waals surface area contributed by atoms with E-state index in [0.717, 1.165) is 31.5 Å². The quantitative estimate of drug-likeness (QED) is 0.797. The van der Waals surface area contributed by atoms with Crippen LogP contribution in [0.5, 0.6) is 0 Å². The van der Waals surface area contributed by atoms with E-state index in [1.54, 1.807) is 0 Å². The molecule has 0 aliphatic heterocycles. The monoisotopic (exact) mass is 258 g/mol. The van der Waals surface area contributed by atoms with E-state index < -0.39 is 0 Å². The van der Waals surface area contributed by atoms with Gasteiger partial charge in [-0.2, -0.15) is 5.26 Å². The van der Waals surface area contributed by atoms with Crippen LogP contribution in [0, 0.1) is 17.2 Å². The minimum absolute atomic E-state index is 0.0799. The number of hydrogen-bond donors (Lipinski definition) is 2. The maximum absolute atomic E-state index is 9.89. The van der Waals surface area contributed by atoms with E-state index in [9.17, 15) is 5.11 Å². The number of hydrogen-bond acceptors (Lipinski definition) is 3. The van der Waals surface area contributed by atoms with E-state index in [4.69, 9.17) is 5.26 Å². The topological polar surface area (TPSA) is 56.0 Å². The molecular weight excluding hydrogens is 236 g/mol. The predicted molar refractivity (Wildman–Crippen MR) is 76.8 cm³/mol. The van der Waals surface area contributed by atoms with Crippen LogP contribution in [-0.4, -0.2) is 17.8 Å². The molecule has 1 saturated carbocycles. The van der Waals surface area contributed by atoms with E-state index >= 15 is 0 Å². The van der Waals surface area contributed by atoms with Crippen molar-refractivity contribution < 1.29 is 5.11 Å². The number of aliphatic hydroxyl groups excluding tert-OH is 1. The molecule has 1 aliphatic carbocycles. The van der Waals surface area contributed by atoms with Gasteiger partial charge in [0.05, 0.1) is 17.7 Å². The molecule has 0 amide bonds. The van der Waals surface area contributed by atoms with Crippen LogP contribution in [0.25, 0.3) is 0 Å². The van der Waals surface area contributed by atoms with Crippen molar-refractivity contribution in [2.75, 3.05) is 11.9 Å². The van der Waals surface area contributed by atoms with E-state index in [-0.39, 0.29) is 6.10 Å². The van der Waals surface area contributed by atoms with Crippen molar-refractivity contribution in [2.45, 2.75) is 44.6 Å². The Morgan fingerprint density at radius 1 is 1.21 bits per heavy atom. The molecule has 0 bridgehead atoms. The molecule has 1 aromatic carbocycles. The molecule has 0 saturated heterocycles. The molecule has 1 fully saturated rings. The van der Waals surface area contributed by atoms with Crippen molar-refractivity contribution in [3.05, 3.63) is 29.8 Å². The molecule has 2 unspecified atom stereocenters. The highest BCUT2D eigenvalue weighted by Gasteiger charge is 2.21. The number of nitriles is 1. The standard InChI is InChI=1S/C16H22N2O/c17-12-13-7-9-15(10-8-13)18-11-3-5-14-4-1-2-6-16(14)19/h7-10,14,16,18-19H,1-6,11H2. The third kappa shape index (κ3) is 4.25. The highest BCUT2D eigenvalue weighted by atomic mass is 16.3. The minimum atomic E-state index is -0.0799. The molecule has 0 radical (unpaired) electrons. The third-order valence-corrected chi connectivity index (χ3v) is 3.96. The smallest absolute Gasteiger partial charge is 0.0991 e. The molecule has 0 aromatic heterocycles. The molecular formula is C16H22N2O. The van der Waals surface area contributed by atoms with Gasteiger partial charge < -0.3 is 10.4 Å².